The van der Waals surface area contributed by atoms with E-state index in [0.717, 1.165) is 17.3 Å². The van der Waals surface area contributed by atoms with Crippen molar-refractivity contribution >= 4 is 28.3 Å². The summed E-state index contributed by atoms with van der Waals surface area (Å²) in [6.45, 7) is 2.76. The topological polar surface area (TPSA) is 45.2 Å². The highest BCUT2D eigenvalue weighted by molar-refractivity contribution is 6.34. The van der Waals surface area contributed by atoms with Gasteiger partial charge >= 0.3 is 0 Å². The molecule has 0 aliphatic heterocycles. The fraction of sp³-hybridized carbons (Fsp3) is 0.333. The smallest absolute Gasteiger partial charge is 0.253 e. The number of hydrogen-bond acceptors (Lipinski definition) is 3. The summed E-state index contributed by atoms with van der Waals surface area (Å²) in [6.07, 6.45) is 1.53. The lowest BCUT2D eigenvalue weighted by Crippen LogP contribution is -2.39. The molecule has 4 nitrogen and oxygen atoms in total. The van der Waals surface area contributed by atoms with Crippen molar-refractivity contribution in [2.24, 2.45) is 0 Å². The number of benzene rings is 1. The molecule has 0 radical (unpaired) electrons. The van der Waals surface area contributed by atoms with Gasteiger partial charge in [0.05, 0.1) is 5.56 Å². The molecular formula is C15H18ClN3O. The van der Waals surface area contributed by atoms with Crippen molar-refractivity contribution in [2.45, 2.75) is 13.0 Å². The highest BCUT2D eigenvalue weighted by Gasteiger charge is 2.15. The predicted octanol–water partition coefficient (Wildman–Crippen LogP) is 2.57. The molecule has 1 heterocycles. The molecule has 0 saturated carbocycles. The van der Waals surface area contributed by atoms with E-state index >= 15 is 0 Å². The van der Waals surface area contributed by atoms with Gasteiger partial charge in [0.15, 0.2) is 0 Å². The lowest BCUT2D eigenvalue weighted by molar-refractivity contribution is 0.0935. The van der Waals surface area contributed by atoms with E-state index in [-0.39, 0.29) is 11.9 Å². The molecule has 0 aliphatic carbocycles. The summed E-state index contributed by atoms with van der Waals surface area (Å²) in [7, 11) is 3.95. The molecule has 2 rings (SSSR count). The number of carbonyl (C=O) groups excluding carboxylic acids is 1. The molecule has 1 unspecified atom stereocenters. The molecule has 106 valence electrons. The van der Waals surface area contributed by atoms with Crippen LogP contribution in [0, 0.1) is 0 Å². The SMILES string of the molecule is CC(CN(C)C)NC(=O)c1cnc(Cl)c2ccccc12. The van der Waals surface area contributed by atoms with Crippen molar-refractivity contribution in [3.63, 3.8) is 0 Å². The van der Waals surface area contributed by atoms with Gasteiger partial charge in [0, 0.05) is 24.2 Å². The first-order valence-corrected chi connectivity index (χ1v) is 6.85. The number of fused-ring (bicyclic) bond motifs is 1. The minimum absolute atomic E-state index is 0.0620. The zero-order valence-electron chi connectivity index (χ0n) is 11.9. The number of hydrogen-bond donors (Lipinski definition) is 1. The van der Waals surface area contributed by atoms with Gasteiger partial charge in [-0.2, -0.15) is 0 Å². The van der Waals surface area contributed by atoms with Gasteiger partial charge in [0.1, 0.15) is 5.15 Å². The number of aromatic nitrogens is 1. The van der Waals surface area contributed by atoms with Gasteiger partial charge in [0.2, 0.25) is 0 Å². The van der Waals surface area contributed by atoms with E-state index in [1.54, 1.807) is 0 Å². The summed E-state index contributed by atoms with van der Waals surface area (Å²) in [5, 5.41) is 5.01. The Morgan fingerprint density at radius 3 is 2.65 bits per heavy atom. The second-order valence-corrected chi connectivity index (χ2v) is 5.50. The normalized spacial score (nSPS) is 12.7. The van der Waals surface area contributed by atoms with Crippen LogP contribution in [-0.2, 0) is 0 Å². The van der Waals surface area contributed by atoms with E-state index in [4.69, 9.17) is 11.6 Å². The molecule has 0 aliphatic rings. The van der Waals surface area contributed by atoms with Crippen LogP contribution in [-0.4, -0.2) is 42.5 Å². The van der Waals surface area contributed by atoms with Crippen LogP contribution in [0.25, 0.3) is 10.8 Å². The Labute approximate surface area is 123 Å². The van der Waals surface area contributed by atoms with E-state index < -0.39 is 0 Å². The Morgan fingerprint density at radius 2 is 2.00 bits per heavy atom. The van der Waals surface area contributed by atoms with Gasteiger partial charge in [-0.15, -0.1) is 0 Å². The number of nitrogens with zero attached hydrogens (tertiary/aromatic N) is 2. The van der Waals surface area contributed by atoms with E-state index in [1.165, 1.54) is 6.20 Å². The molecule has 1 N–H and O–H groups in total. The largest absolute Gasteiger partial charge is 0.348 e. The molecule has 1 aromatic heterocycles. The minimum Gasteiger partial charge on any atom is -0.348 e. The van der Waals surface area contributed by atoms with Gasteiger partial charge in [-0.1, -0.05) is 35.9 Å². The number of likely N-dealkylation sites (N-methyl/N-ethyl adjacent to an activating group) is 1. The first kappa shape index (κ1) is 14.8. The number of halogens is 1. The fourth-order valence-electron chi connectivity index (χ4n) is 2.23. The molecule has 2 aromatic rings. The van der Waals surface area contributed by atoms with Crippen LogP contribution in [0.3, 0.4) is 0 Å². The second kappa shape index (κ2) is 6.20. The summed E-state index contributed by atoms with van der Waals surface area (Å²) in [4.78, 5) is 18.5. The Hall–Kier alpha value is -1.65. The highest BCUT2D eigenvalue weighted by atomic mass is 35.5. The van der Waals surface area contributed by atoms with Crippen molar-refractivity contribution in [1.29, 1.82) is 0 Å². The fourth-order valence-corrected chi connectivity index (χ4v) is 2.45. The highest BCUT2D eigenvalue weighted by Crippen LogP contribution is 2.24. The summed E-state index contributed by atoms with van der Waals surface area (Å²) in [5.74, 6) is -0.125. The molecule has 0 fully saturated rings. The van der Waals surface area contributed by atoms with Crippen molar-refractivity contribution in [2.75, 3.05) is 20.6 Å². The van der Waals surface area contributed by atoms with Crippen molar-refractivity contribution < 1.29 is 4.79 Å². The number of nitrogens with one attached hydrogen (secondary N) is 1. The Morgan fingerprint density at radius 1 is 1.35 bits per heavy atom. The lowest BCUT2D eigenvalue weighted by atomic mass is 10.1. The van der Waals surface area contributed by atoms with Crippen molar-refractivity contribution in [3.05, 3.63) is 41.2 Å². The van der Waals surface area contributed by atoms with Crippen LogP contribution in [0.5, 0.6) is 0 Å². The second-order valence-electron chi connectivity index (χ2n) is 5.15. The zero-order valence-corrected chi connectivity index (χ0v) is 12.6. The van der Waals surface area contributed by atoms with Gasteiger partial charge < -0.3 is 10.2 Å². The number of pyridine rings is 1. The molecule has 1 atom stereocenters. The summed E-state index contributed by atoms with van der Waals surface area (Å²) < 4.78 is 0. The molecule has 1 aromatic carbocycles. The van der Waals surface area contributed by atoms with Crippen LogP contribution >= 0.6 is 11.6 Å². The third-order valence-corrected chi connectivity index (χ3v) is 3.31. The van der Waals surface area contributed by atoms with Gasteiger partial charge in [-0.05, 0) is 26.4 Å². The Balaban J connectivity index is 2.29. The summed E-state index contributed by atoms with van der Waals surface area (Å²) in [5.41, 5.74) is 0.551. The maximum absolute atomic E-state index is 12.3. The molecular weight excluding hydrogens is 274 g/mol. The zero-order chi connectivity index (χ0) is 14.7. The quantitative estimate of drug-likeness (QED) is 0.881. The Bertz CT molecular complexity index is 628. The maximum atomic E-state index is 12.3. The molecule has 1 amide bonds. The van der Waals surface area contributed by atoms with Crippen molar-refractivity contribution in [3.8, 4) is 0 Å². The summed E-state index contributed by atoms with van der Waals surface area (Å²) in [6, 6.07) is 7.58. The molecule has 0 saturated heterocycles. The van der Waals surface area contributed by atoms with Gasteiger partial charge in [-0.25, -0.2) is 4.98 Å². The standard InChI is InChI=1S/C15H18ClN3O/c1-10(9-19(2)3)18-15(20)13-8-17-14(16)12-7-5-4-6-11(12)13/h4-8,10H,9H2,1-3H3,(H,18,20). The van der Waals surface area contributed by atoms with Crippen LogP contribution < -0.4 is 5.32 Å². The third-order valence-electron chi connectivity index (χ3n) is 3.01. The summed E-state index contributed by atoms with van der Waals surface area (Å²) >= 11 is 6.06. The molecule has 20 heavy (non-hydrogen) atoms. The number of amides is 1. The van der Waals surface area contributed by atoms with E-state index in [1.807, 2.05) is 50.2 Å². The van der Waals surface area contributed by atoms with E-state index in [9.17, 15) is 4.79 Å². The third kappa shape index (κ3) is 3.26. The van der Waals surface area contributed by atoms with Crippen molar-refractivity contribution in [1.82, 2.24) is 15.2 Å². The first-order valence-electron chi connectivity index (χ1n) is 6.48. The van der Waals surface area contributed by atoms with Gasteiger partial charge in [-0.3, -0.25) is 4.79 Å². The monoisotopic (exact) mass is 291 g/mol. The van der Waals surface area contributed by atoms with E-state index in [2.05, 4.69) is 10.3 Å². The van der Waals surface area contributed by atoms with E-state index in [0.29, 0.717) is 10.7 Å². The molecule has 5 heteroatoms. The molecule has 0 spiro atoms. The first-order chi connectivity index (χ1) is 9.49. The molecule has 0 bridgehead atoms. The van der Waals surface area contributed by atoms with Crippen LogP contribution in [0.2, 0.25) is 5.15 Å². The average molecular weight is 292 g/mol. The number of rotatable bonds is 4. The van der Waals surface area contributed by atoms with Crippen LogP contribution in [0.1, 0.15) is 17.3 Å². The minimum atomic E-state index is -0.125. The lowest BCUT2D eigenvalue weighted by Gasteiger charge is -2.18. The maximum Gasteiger partial charge on any atom is 0.253 e. The number of carbonyl (C=O) groups is 1. The predicted molar refractivity (Wildman–Crippen MR) is 82.2 cm³/mol. The van der Waals surface area contributed by atoms with Crippen LogP contribution in [0.4, 0.5) is 0 Å². The Kier molecular flexibility index (Phi) is 4.57. The average Bonchev–Trinajstić information content (AvgIpc) is 2.38. The van der Waals surface area contributed by atoms with Crippen LogP contribution in [0.15, 0.2) is 30.5 Å². The van der Waals surface area contributed by atoms with Gasteiger partial charge in [0.25, 0.3) is 5.91 Å².